The number of fused-ring (bicyclic) bond motifs is 1. The summed E-state index contributed by atoms with van der Waals surface area (Å²) in [6.45, 7) is 0.817. The number of nitrogens with zero attached hydrogens (tertiary/aromatic N) is 3. The Balaban J connectivity index is 1.74. The largest absolute Gasteiger partial charge is 0.359 e. The molecular formula is C15H15BrN4O. The van der Waals surface area contributed by atoms with Gasteiger partial charge in [0.2, 0.25) is 0 Å². The van der Waals surface area contributed by atoms with Gasteiger partial charge in [-0.05, 0) is 41.3 Å². The summed E-state index contributed by atoms with van der Waals surface area (Å²) in [5.74, 6) is 0. The van der Waals surface area contributed by atoms with Gasteiger partial charge in [0.05, 0.1) is 17.4 Å². The van der Waals surface area contributed by atoms with Gasteiger partial charge in [-0.15, -0.1) is 0 Å². The normalized spacial score (nSPS) is 19.2. The van der Waals surface area contributed by atoms with Crippen molar-refractivity contribution in [2.45, 2.75) is 25.5 Å². The average molecular weight is 347 g/mol. The van der Waals surface area contributed by atoms with Gasteiger partial charge in [0.25, 0.3) is 0 Å². The molecule has 1 N–H and O–H groups in total. The van der Waals surface area contributed by atoms with Gasteiger partial charge in [0.1, 0.15) is 6.23 Å². The highest BCUT2D eigenvalue weighted by molar-refractivity contribution is 9.10. The number of aromatic amines is 1. The molecule has 4 rings (SSSR count). The molecule has 5 nitrogen and oxygen atoms in total. The van der Waals surface area contributed by atoms with E-state index in [1.165, 1.54) is 6.42 Å². The lowest BCUT2D eigenvalue weighted by Crippen LogP contribution is -2.18. The maximum atomic E-state index is 5.77. The van der Waals surface area contributed by atoms with Crippen molar-refractivity contribution in [3.05, 3.63) is 35.3 Å². The van der Waals surface area contributed by atoms with Gasteiger partial charge in [0, 0.05) is 40.6 Å². The molecular weight excluding hydrogens is 332 g/mol. The lowest BCUT2D eigenvalue weighted by atomic mass is 10.1. The highest BCUT2D eigenvalue weighted by Gasteiger charge is 2.18. The zero-order chi connectivity index (χ0) is 14.2. The first-order valence-electron chi connectivity index (χ1n) is 7.10. The molecule has 0 spiro atoms. The predicted molar refractivity (Wildman–Crippen MR) is 83.9 cm³/mol. The number of pyridine rings is 1. The smallest absolute Gasteiger partial charge is 0.150 e. The Hall–Kier alpha value is -1.66. The third-order valence-electron chi connectivity index (χ3n) is 3.87. The minimum atomic E-state index is 0.0575. The third-order valence-corrected chi connectivity index (χ3v) is 4.51. The zero-order valence-corrected chi connectivity index (χ0v) is 13.0. The number of rotatable bonds is 2. The maximum absolute atomic E-state index is 5.77. The average Bonchev–Trinajstić information content (AvgIpc) is 3.18. The van der Waals surface area contributed by atoms with Crippen LogP contribution in [0.4, 0.5) is 0 Å². The molecule has 1 aliphatic rings. The van der Waals surface area contributed by atoms with Crippen molar-refractivity contribution >= 4 is 26.8 Å². The van der Waals surface area contributed by atoms with E-state index >= 15 is 0 Å². The van der Waals surface area contributed by atoms with Crippen LogP contribution < -0.4 is 0 Å². The molecule has 108 valence electrons. The van der Waals surface area contributed by atoms with Crippen LogP contribution in [0.25, 0.3) is 22.2 Å². The zero-order valence-electron chi connectivity index (χ0n) is 11.4. The van der Waals surface area contributed by atoms with Crippen LogP contribution in [0.1, 0.15) is 25.5 Å². The number of nitrogens with one attached hydrogen (secondary N) is 1. The van der Waals surface area contributed by atoms with E-state index in [9.17, 15) is 0 Å². The van der Waals surface area contributed by atoms with Gasteiger partial charge in [-0.25, -0.2) is 4.68 Å². The van der Waals surface area contributed by atoms with Gasteiger partial charge < -0.3 is 9.72 Å². The molecule has 1 unspecified atom stereocenters. The number of hydrogen-bond acceptors (Lipinski definition) is 3. The van der Waals surface area contributed by atoms with Gasteiger partial charge in [0.15, 0.2) is 0 Å². The summed E-state index contributed by atoms with van der Waals surface area (Å²) in [7, 11) is 0. The van der Waals surface area contributed by atoms with E-state index in [1.807, 2.05) is 35.5 Å². The van der Waals surface area contributed by atoms with E-state index in [4.69, 9.17) is 4.74 Å². The standard InChI is InChI=1S/C15H15BrN4O/c16-12-8-18-14(15-11(12)4-5-17-15)10-7-19-20(9-10)13-3-1-2-6-21-13/h4-5,7-9,13,17H,1-3,6H2. The van der Waals surface area contributed by atoms with Crippen LogP contribution in [0.15, 0.2) is 35.3 Å². The summed E-state index contributed by atoms with van der Waals surface area (Å²) in [4.78, 5) is 7.79. The predicted octanol–water partition coefficient (Wildman–Crippen LogP) is 3.89. The first kappa shape index (κ1) is 13.0. The minimum absolute atomic E-state index is 0.0575. The van der Waals surface area contributed by atoms with Gasteiger partial charge in [-0.1, -0.05) is 0 Å². The van der Waals surface area contributed by atoms with Gasteiger partial charge >= 0.3 is 0 Å². The van der Waals surface area contributed by atoms with Crippen molar-refractivity contribution in [2.75, 3.05) is 6.61 Å². The second-order valence-corrected chi connectivity index (χ2v) is 6.11. The molecule has 3 aromatic rings. The summed E-state index contributed by atoms with van der Waals surface area (Å²) in [6, 6.07) is 2.04. The van der Waals surface area contributed by atoms with E-state index in [-0.39, 0.29) is 6.23 Å². The Labute approximate surface area is 130 Å². The molecule has 0 radical (unpaired) electrons. The Morgan fingerprint density at radius 1 is 1.33 bits per heavy atom. The molecule has 1 fully saturated rings. The van der Waals surface area contributed by atoms with Crippen molar-refractivity contribution in [1.29, 1.82) is 0 Å². The second-order valence-electron chi connectivity index (χ2n) is 5.25. The van der Waals surface area contributed by atoms with Gasteiger partial charge in [-0.2, -0.15) is 5.10 Å². The van der Waals surface area contributed by atoms with Crippen LogP contribution in [0.5, 0.6) is 0 Å². The highest BCUT2D eigenvalue weighted by Crippen LogP contribution is 2.31. The molecule has 1 saturated heterocycles. The van der Waals surface area contributed by atoms with E-state index in [0.29, 0.717) is 0 Å². The Kier molecular flexibility index (Phi) is 3.27. The van der Waals surface area contributed by atoms with Crippen molar-refractivity contribution in [2.24, 2.45) is 0 Å². The molecule has 1 aliphatic heterocycles. The Morgan fingerprint density at radius 2 is 2.29 bits per heavy atom. The van der Waals surface area contributed by atoms with E-state index in [2.05, 4.69) is 31.0 Å². The molecule has 4 heterocycles. The SMILES string of the molecule is Brc1cnc(-c2cnn(C3CCCCO3)c2)c2[nH]ccc12. The molecule has 0 saturated carbocycles. The number of H-pyrrole nitrogens is 1. The first-order valence-corrected chi connectivity index (χ1v) is 7.90. The number of ether oxygens (including phenoxy) is 1. The fraction of sp³-hybridized carbons (Fsp3) is 0.333. The molecule has 6 heteroatoms. The maximum Gasteiger partial charge on any atom is 0.150 e. The summed E-state index contributed by atoms with van der Waals surface area (Å²) < 4.78 is 8.67. The van der Waals surface area contributed by atoms with E-state index in [0.717, 1.165) is 46.1 Å². The van der Waals surface area contributed by atoms with Gasteiger partial charge in [-0.3, -0.25) is 4.98 Å². The molecule has 3 aromatic heterocycles. The fourth-order valence-electron chi connectivity index (χ4n) is 2.79. The Bertz CT molecular complexity index is 773. The number of halogens is 1. The van der Waals surface area contributed by atoms with Crippen molar-refractivity contribution in [1.82, 2.24) is 19.7 Å². The summed E-state index contributed by atoms with van der Waals surface area (Å²) >= 11 is 3.53. The third kappa shape index (κ3) is 2.28. The first-order chi connectivity index (χ1) is 10.3. The monoisotopic (exact) mass is 346 g/mol. The van der Waals surface area contributed by atoms with Crippen molar-refractivity contribution in [3.63, 3.8) is 0 Å². The van der Waals surface area contributed by atoms with Crippen molar-refractivity contribution in [3.8, 4) is 11.3 Å². The molecule has 0 aliphatic carbocycles. The van der Waals surface area contributed by atoms with Crippen LogP contribution in [0, 0.1) is 0 Å². The van der Waals surface area contributed by atoms with Crippen LogP contribution >= 0.6 is 15.9 Å². The van der Waals surface area contributed by atoms with Crippen LogP contribution in [0.2, 0.25) is 0 Å². The lowest BCUT2D eigenvalue weighted by Gasteiger charge is -2.22. The Morgan fingerprint density at radius 3 is 3.14 bits per heavy atom. The molecule has 1 atom stereocenters. The van der Waals surface area contributed by atoms with E-state index < -0.39 is 0 Å². The summed E-state index contributed by atoms with van der Waals surface area (Å²) in [5.41, 5.74) is 2.94. The summed E-state index contributed by atoms with van der Waals surface area (Å²) in [5, 5.41) is 5.58. The quantitative estimate of drug-likeness (QED) is 0.765. The number of hydrogen-bond donors (Lipinski definition) is 1. The number of aromatic nitrogens is 4. The lowest BCUT2D eigenvalue weighted by molar-refractivity contribution is -0.0394. The van der Waals surface area contributed by atoms with Crippen molar-refractivity contribution < 1.29 is 4.74 Å². The molecule has 0 aromatic carbocycles. The summed E-state index contributed by atoms with van der Waals surface area (Å²) in [6.07, 6.45) is 11.0. The van der Waals surface area contributed by atoms with E-state index in [1.54, 1.807) is 0 Å². The van der Waals surface area contributed by atoms with Crippen LogP contribution in [-0.2, 0) is 4.74 Å². The second kappa shape index (κ2) is 5.27. The topological polar surface area (TPSA) is 55.7 Å². The van der Waals surface area contributed by atoms with Crippen LogP contribution in [-0.4, -0.2) is 26.4 Å². The molecule has 0 amide bonds. The fourth-order valence-corrected chi connectivity index (χ4v) is 3.22. The minimum Gasteiger partial charge on any atom is -0.359 e. The molecule has 21 heavy (non-hydrogen) atoms. The molecule has 0 bridgehead atoms. The highest BCUT2D eigenvalue weighted by atomic mass is 79.9. The van der Waals surface area contributed by atoms with Crippen LogP contribution in [0.3, 0.4) is 0 Å².